The zero-order valence-corrected chi connectivity index (χ0v) is 12.7. The summed E-state index contributed by atoms with van der Waals surface area (Å²) in [6, 6.07) is 10.7. The average molecular weight is 305 g/mol. The molecule has 0 heterocycles. The number of anilines is 2. The minimum absolute atomic E-state index is 0.104. The third-order valence-corrected chi connectivity index (χ3v) is 3.28. The molecule has 21 heavy (non-hydrogen) atoms. The Morgan fingerprint density at radius 1 is 1.24 bits per heavy atom. The number of nitrogen functional groups attached to an aromatic ring is 1. The van der Waals surface area contributed by atoms with E-state index < -0.39 is 0 Å². The summed E-state index contributed by atoms with van der Waals surface area (Å²) < 4.78 is 5.45. The Balaban J connectivity index is 1.97. The molecule has 5 heteroatoms. The smallest absolute Gasteiger partial charge is 0.262 e. The number of nitrogens with two attached hydrogens (primary N) is 1. The van der Waals surface area contributed by atoms with Crippen LogP contribution < -0.4 is 15.8 Å². The number of aryl methyl sites for hydroxylation is 2. The highest BCUT2D eigenvalue weighted by Gasteiger charge is 2.08. The predicted octanol–water partition coefficient (Wildman–Crippen LogP) is 3.56. The summed E-state index contributed by atoms with van der Waals surface area (Å²) in [5.41, 5.74) is 8.97. The zero-order chi connectivity index (χ0) is 15.4. The van der Waals surface area contributed by atoms with Gasteiger partial charge < -0.3 is 15.8 Å². The molecule has 0 saturated heterocycles. The molecule has 0 aliphatic rings. The number of amides is 1. The fourth-order valence-corrected chi connectivity index (χ4v) is 2.05. The number of hydrogen-bond acceptors (Lipinski definition) is 3. The lowest BCUT2D eigenvalue weighted by Gasteiger charge is -2.11. The van der Waals surface area contributed by atoms with Crippen molar-refractivity contribution in [1.29, 1.82) is 0 Å². The van der Waals surface area contributed by atoms with Crippen molar-refractivity contribution in [2.75, 3.05) is 17.7 Å². The molecular formula is C16H17ClN2O2. The SMILES string of the molecule is Cc1ccc(Cl)c(OCC(=O)Nc2ccc(N)cc2C)c1. The van der Waals surface area contributed by atoms with Crippen LogP contribution in [0.25, 0.3) is 0 Å². The second-order valence-corrected chi connectivity index (χ2v) is 5.25. The van der Waals surface area contributed by atoms with Crippen molar-refractivity contribution >= 4 is 28.9 Å². The van der Waals surface area contributed by atoms with Gasteiger partial charge in [-0.1, -0.05) is 17.7 Å². The van der Waals surface area contributed by atoms with E-state index in [1.165, 1.54) is 0 Å². The van der Waals surface area contributed by atoms with Crippen molar-refractivity contribution < 1.29 is 9.53 Å². The van der Waals surface area contributed by atoms with Crippen molar-refractivity contribution in [3.05, 3.63) is 52.5 Å². The fourth-order valence-electron chi connectivity index (χ4n) is 1.88. The van der Waals surface area contributed by atoms with Crippen LogP contribution in [0.2, 0.25) is 5.02 Å². The molecule has 0 aliphatic heterocycles. The number of benzene rings is 2. The molecule has 2 aromatic rings. The first-order chi connectivity index (χ1) is 9.95. The van der Waals surface area contributed by atoms with Crippen LogP contribution in [0.3, 0.4) is 0 Å². The van der Waals surface area contributed by atoms with Gasteiger partial charge in [0.1, 0.15) is 5.75 Å². The van der Waals surface area contributed by atoms with Crippen LogP contribution in [0.15, 0.2) is 36.4 Å². The quantitative estimate of drug-likeness (QED) is 0.849. The Hall–Kier alpha value is -2.20. The number of nitrogens with one attached hydrogen (secondary N) is 1. The minimum Gasteiger partial charge on any atom is -0.482 e. The van der Waals surface area contributed by atoms with Gasteiger partial charge in [0.2, 0.25) is 0 Å². The first kappa shape index (κ1) is 15.2. The van der Waals surface area contributed by atoms with E-state index in [9.17, 15) is 4.79 Å². The van der Waals surface area contributed by atoms with Crippen molar-refractivity contribution in [3.8, 4) is 5.75 Å². The molecule has 0 bridgehead atoms. The van der Waals surface area contributed by atoms with Crippen LogP contribution in [-0.4, -0.2) is 12.5 Å². The maximum atomic E-state index is 11.9. The van der Waals surface area contributed by atoms with Crippen molar-refractivity contribution in [3.63, 3.8) is 0 Å². The molecule has 0 aromatic heterocycles. The monoisotopic (exact) mass is 304 g/mol. The van der Waals surface area contributed by atoms with Gasteiger partial charge in [-0.25, -0.2) is 0 Å². The summed E-state index contributed by atoms with van der Waals surface area (Å²) >= 11 is 6.01. The Labute approximate surface area is 128 Å². The number of carbonyl (C=O) groups excluding carboxylic acids is 1. The summed E-state index contributed by atoms with van der Waals surface area (Å²) in [7, 11) is 0. The average Bonchev–Trinajstić information content (AvgIpc) is 2.43. The Bertz CT molecular complexity index is 671. The number of halogens is 1. The van der Waals surface area contributed by atoms with Crippen LogP contribution >= 0.6 is 11.6 Å². The van der Waals surface area contributed by atoms with E-state index in [4.69, 9.17) is 22.1 Å². The number of hydrogen-bond donors (Lipinski definition) is 2. The summed E-state index contributed by atoms with van der Waals surface area (Å²) in [5, 5.41) is 3.26. The lowest BCUT2D eigenvalue weighted by atomic mass is 10.2. The molecule has 110 valence electrons. The highest BCUT2D eigenvalue weighted by atomic mass is 35.5. The molecule has 2 aromatic carbocycles. The predicted molar refractivity (Wildman–Crippen MR) is 85.9 cm³/mol. The molecule has 0 unspecified atom stereocenters. The van der Waals surface area contributed by atoms with Crippen LogP contribution in [0.1, 0.15) is 11.1 Å². The second-order valence-electron chi connectivity index (χ2n) is 4.85. The Morgan fingerprint density at radius 3 is 2.71 bits per heavy atom. The minimum atomic E-state index is -0.250. The molecule has 2 rings (SSSR count). The molecule has 0 atom stereocenters. The molecule has 1 amide bonds. The molecular weight excluding hydrogens is 288 g/mol. The van der Waals surface area contributed by atoms with Crippen molar-refractivity contribution in [2.24, 2.45) is 0 Å². The first-order valence-electron chi connectivity index (χ1n) is 6.50. The summed E-state index contributed by atoms with van der Waals surface area (Å²) in [6.07, 6.45) is 0. The van der Waals surface area contributed by atoms with Crippen LogP contribution in [-0.2, 0) is 4.79 Å². The van der Waals surface area contributed by atoms with E-state index in [1.807, 2.05) is 19.9 Å². The summed E-state index contributed by atoms with van der Waals surface area (Å²) in [6.45, 7) is 3.71. The lowest BCUT2D eigenvalue weighted by molar-refractivity contribution is -0.118. The van der Waals surface area contributed by atoms with Gasteiger partial charge in [-0.2, -0.15) is 0 Å². The standard InChI is InChI=1S/C16H17ClN2O2/c1-10-3-5-13(17)15(7-10)21-9-16(20)19-14-6-4-12(18)8-11(14)2/h3-8H,9,18H2,1-2H3,(H,19,20). The largest absolute Gasteiger partial charge is 0.482 e. The van der Waals surface area contributed by atoms with Crippen molar-refractivity contribution in [2.45, 2.75) is 13.8 Å². The van der Waals surface area contributed by atoms with Crippen LogP contribution in [0.5, 0.6) is 5.75 Å². The number of ether oxygens (including phenoxy) is 1. The highest BCUT2D eigenvalue weighted by molar-refractivity contribution is 6.32. The highest BCUT2D eigenvalue weighted by Crippen LogP contribution is 2.25. The Morgan fingerprint density at radius 2 is 2.00 bits per heavy atom. The molecule has 0 saturated carbocycles. The lowest BCUT2D eigenvalue weighted by Crippen LogP contribution is -2.20. The van der Waals surface area contributed by atoms with E-state index >= 15 is 0 Å². The fraction of sp³-hybridized carbons (Fsp3) is 0.188. The van der Waals surface area contributed by atoms with Gasteiger partial charge in [0.15, 0.2) is 6.61 Å². The normalized spacial score (nSPS) is 10.2. The van der Waals surface area contributed by atoms with Gasteiger partial charge >= 0.3 is 0 Å². The van der Waals surface area contributed by atoms with Gasteiger partial charge in [0.05, 0.1) is 5.02 Å². The summed E-state index contributed by atoms with van der Waals surface area (Å²) in [5.74, 6) is 0.251. The number of rotatable bonds is 4. The third-order valence-electron chi connectivity index (χ3n) is 2.97. The van der Waals surface area contributed by atoms with Gasteiger partial charge in [-0.3, -0.25) is 4.79 Å². The van der Waals surface area contributed by atoms with Gasteiger partial charge in [-0.05, 0) is 55.3 Å². The molecule has 3 N–H and O–H groups in total. The topological polar surface area (TPSA) is 64.3 Å². The maximum Gasteiger partial charge on any atom is 0.262 e. The second kappa shape index (κ2) is 6.50. The van der Waals surface area contributed by atoms with Gasteiger partial charge in [0.25, 0.3) is 5.91 Å². The van der Waals surface area contributed by atoms with E-state index in [0.29, 0.717) is 22.1 Å². The van der Waals surface area contributed by atoms with E-state index in [2.05, 4.69) is 5.32 Å². The van der Waals surface area contributed by atoms with E-state index in [0.717, 1.165) is 11.1 Å². The van der Waals surface area contributed by atoms with Gasteiger partial charge in [0, 0.05) is 11.4 Å². The molecule has 0 spiro atoms. The zero-order valence-electron chi connectivity index (χ0n) is 11.9. The van der Waals surface area contributed by atoms with Crippen molar-refractivity contribution in [1.82, 2.24) is 0 Å². The Kier molecular flexibility index (Phi) is 4.70. The molecule has 0 radical (unpaired) electrons. The molecule has 4 nitrogen and oxygen atoms in total. The van der Waals surface area contributed by atoms with Gasteiger partial charge in [-0.15, -0.1) is 0 Å². The third kappa shape index (κ3) is 4.13. The molecule has 0 fully saturated rings. The first-order valence-corrected chi connectivity index (χ1v) is 6.88. The number of carbonyl (C=O) groups is 1. The summed E-state index contributed by atoms with van der Waals surface area (Å²) in [4.78, 5) is 11.9. The van der Waals surface area contributed by atoms with E-state index in [1.54, 1.807) is 30.3 Å². The van der Waals surface area contributed by atoms with Crippen LogP contribution in [0, 0.1) is 13.8 Å². The van der Waals surface area contributed by atoms with Crippen LogP contribution in [0.4, 0.5) is 11.4 Å². The van der Waals surface area contributed by atoms with E-state index in [-0.39, 0.29) is 12.5 Å². The maximum absolute atomic E-state index is 11.9. The molecule has 0 aliphatic carbocycles.